The summed E-state index contributed by atoms with van der Waals surface area (Å²) in [5.74, 6) is -0.997. The van der Waals surface area contributed by atoms with E-state index in [1.165, 1.54) is 17.0 Å². The number of hydrogen-bond acceptors (Lipinski definition) is 4. The molecule has 4 rings (SSSR count). The van der Waals surface area contributed by atoms with Gasteiger partial charge in [0.25, 0.3) is 5.91 Å². The van der Waals surface area contributed by atoms with Gasteiger partial charge in [-0.1, -0.05) is 30.3 Å². The molecule has 3 aromatic carbocycles. The molecule has 7 heteroatoms. The largest absolute Gasteiger partial charge is 0.490 e. The lowest BCUT2D eigenvalue weighted by Crippen LogP contribution is -2.24. The number of carboxylic acids is 1. The van der Waals surface area contributed by atoms with E-state index in [4.69, 9.17) is 14.6 Å². The third-order valence-electron chi connectivity index (χ3n) is 5.39. The number of rotatable bonds is 7. The lowest BCUT2D eigenvalue weighted by atomic mass is 9.99. The van der Waals surface area contributed by atoms with E-state index >= 15 is 0 Å². The number of anilines is 1. The topological polar surface area (TPSA) is 76.1 Å². The standard InChI is InChI=1S/C26H26FNO5/c1-14(2)32-24-18-7-5-6-8-19(18)25(33-15(3)4)23-20(24)13-28(26(23)31)17-10-9-16(11-22(29)30)21(27)12-17/h5-10,12,14-15H,11,13H2,1-4H3,(H,29,30). The molecule has 0 aromatic heterocycles. The maximum atomic E-state index is 14.6. The molecule has 0 unspecified atom stereocenters. The second kappa shape index (κ2) is 8.73. The number of nitrogens with zero attached hydrogens (tertiary/aromatic N) is 1. The molecule has 1 heterocycles. The van der Waals surface area contributed by atoms with Crippen molar-refractivity contribution >= 4 is 28.3 Å². The van der Waals surface area contributed by atoms with Crippen molar-refractivity contribution in [1.82, 2.24) is 0 Å². The van der Waals surface area contributed by atoms with Crippen molar-refractivity contribution in [2.75, 3.05) is 4.90 Å². The minimum Gasteiger partial charge on any atom is -0.490 e. The molecule has 172 valence electrons. The number of carbonyl (C=O) groups excluding carboxylic acids is 1. The van der Waals surface area contributed by atoms with Crippen LogP contribution >= 0.6 is 0 Å². The molecule has 0 fully saturated rings. The van der Waals surface area contributed by atoms with Gasteiger partial charge in [0, 0.05) is 22.0 Å². The molecule has 1 amide bonds. The van der Waals surface area contributed by atoms with Gasteiger partial charge in [-0.25, -0.2) is 4.39 Å². The van der Waals surface area contributed by atoms with Crippen LogP contribution in [0.1, 0.15) is 49.2 Å². The third kappa shape index (κ3) is 4.23. The van der Waals surface area contributed by atoms with Crippen LogP contribution in [0.5, 0.6) is 11.5 Å². The molecule has 1 aliphatic heterocycles. The van der Waals surface area contributed by atoms with Gasteiger partial charge in [0.1, 0.15) is 17.3 Å². The van der Waals surface area contributed by atoms with Crippen LogP contribution in [0.4, 0.5) is 10.1 Å². The van der Waals surface area contributed by atoms with Gasteiger partial charge in [-0.05, 0) is 45.4 Å². The lowest BCUT2D eigenvalue weighted by molar-refractivity contribution is -0.136. The van der Waals surface area contributed by atoms with E-state index in [1.807, 2.05) is 52.0 Å². The summed E-state index contributed by atoms with van der Waals surface area (Å²) in [5, 5.41) is 10.6. The maximum Gasteiger partial charge on any atom is 0.307 e. The van der Waals surface area contributed by atoms with E-state index < -0.39 is 18.2 Å². The number of carboxylic acid groups (broad SMARTS) is 1. The molecule has 33 heavy (non-hydrogen) atoms. The van der Waals surface area contributed by atoms with Gasteiger partial charge in [-0.3, -0.25) is 9.59 Å². The first-order valence-electron chi connectivity index (χ1n) is 10.9. The molecule has 1 aliphatic rings. The fourth-order valence-corrected chi connectivity index (χ4v) is 4.12. The normalized spacial score (nSPS) is 13.2. The minimum absolute atomic E-state index is 0.0637. The summed E-state index contributed by atoms with van der Waals surface area (Å²) < 4.78 is 26.9. The smallest absolute Gasteiger partial charge is 0.307 e. The highest BCUT2D eigenvalue weighted by atomic mass is 19.1. The second-order valence-electron chi connectivity index (χ2n) is 8.63. The molecule has 3 aromatic rings. The van der Waals surface area contributed by atoms with Crippen molar-refractivity contribution in [2.45, 2.75) is 52.9 Å². The van der Waals surface area contributed by atoms with Crippen LogP contribution < -0.4 is 14.4 Å². The summed E-state index contributed by atoms with van der Waals surface area (Å²) in [5.41, 5.74) is 1.51. The highest BCUT2D eigenvalue weighted by Gasteiger charge is 2.37. The van der Waals surface area contributed by atoms with Crippen LogP contribution in [0.3, 0.4) is 0 Å². The fourth-order valence-electron chi connectivity index (χ4n) is 4.12. The van der Waals surface area contributed by atoms with E-state index in [9.17, 15) is 14.0 Å². The zero-order valence-corrected chi connectivity index (χ0v) is 19.0. The quantitative estimate of drug-likeness (QED) is 0.525. The summed E-state index contributed by atoms with van der Waals surface area (Å²) in [6.45, 7) is 7.82. The first kappa shape index (κ1) is 22.6. The van der Waals surface area contributed by atoms with Crippen molar-refractivity contribution in [1.29, 1.82) is 0 Å². The van der Waals surface area contributed by atoms with E-state index in [0.29, 0.717) is 28.3 Å². The van der Waals surface area contributed by atoms with Crippen molar-refractivity contribution in [3.8, 4) is 11.5 Å². The van der Waals surface area contributed by atoms with Gasteiger partial charge < -0.3 is 19.5 Å². The van der Waals surface area contributed by atoms with Gasteiger partial charge in [-0.15, -0.1) is 0 Å². The van der Waals surface area contributed by atoms with E-state index in [1.54, 1.807) is 6.07 Å². The summed E-state index contributed by atoms with van der Waals surface area (Å²) in [6, 6.07) is 11.8. The predicted octanol–water partition coefficient (Wildman–Crippen LogP) is 5.34. The Labute approximate surface area is 191 Å². The van der Waals surface area contributed by atoms with Gasteiger partial charge in [0.05, 0.1) is 30.7 Å². The molecule has 0 saturated heterocycles. The van der Waals surface area contributed by atoms with E-state index in [2.05, 4.69) is 0 Å². The summed E-state index contributed by atoms with van der Waals surface area (Å²) in [6.07, 6.45) is -0.708. The van der Waals surface area contributed by atoms with Crippen LogP contribution in [-0.4, -0.2) is 29.2 Å². The molecule has 0 radical (unpaired) electrons. The Kier molecular flexibility index (Phi) is 5.97. The van der Waals surface area contributed by atoms with E-state index in [-0.39, 0.29) is 30.2 Å². The van der Waals surface area contributed by atoms with Gasteiger partial charge in [0.15, 0.2) is 0 Å². The molecule has 0 atom stereocenters. The molecule has 0 aliphatic carbocycles. The number of carbonyl (C=O) groups is 2. The van der Waals surface area contributed by atoms with Gasteiger partial charge >= 0.3 is 5.97 Å². The molecule has 6 nitrogen and oxygen atoms in total. The fraction of sp³-hybridized carbons (Fsp3) is 0.308. The number of halogens is 1. The minimum atomic E-state index is -1.12. The van der Waals surface area contributed by atoms with Crippen LogP contribution in [0.25, 0.3) is 10.8 Å². The first-order valence-corrected chi connectivity index (χ1v) is 10.9. The van der Waals surface area contributed by atoms with Crippen LogP contribution in [0.2, 0.25) is 0 Å². The van der Waals surface area contributed by atoms with Crippen LogP contribution in [0.15, 0.2) is 42.5 Å². The molecule has 0 bridgehead atoms. The number of benzene rings is 3. The SMILES string of the molecule is CC(C)Oc1c2c(c(OC(C)C)c3ccccc13)C(=O)N(c1ccc(CC(=O)O)c(F)c1)C2. The second-order valence-corrected chi connectivity index (χ2v) is 8.63. The Morgan fingerprint density at radius 1 is 1.03 bits per heavy atom. The summed E-state index contributed by atoms with van der Waals surface area (Å²) in [4.78, 5) is 26.1. The number of aliphatic carboxylic acids is 1. The summed E-state index contributed by atoms with van der Waals surface area (Å²) in [7, 11) is 0. The van der Waals surface area contributed by atoms with Crippen molar-refractivity contribution in [3.05, 3.63) is 65.0 Å². The van der Waals surface area contributed by atoms with Crippen molar-refractivity contribution < 1.29 is 28.6 Å². The number of hydrogen-bond donors (Lipinski definition) is 1. The average Bonchev–Trinajstić information content (AvgIpc) is 3.08. The van der Waals surface area contributed by atoms with Crippen molar-refractivity contribution in [2.24, 2.45) is 0 Å². The Balaban J connectivity index is 1.88. The number of fused-ring (bicyclic) bond motifs is 2. The Bertz CT molecular complexity index is 1250. The monoisotopic (exact) mass is 451 g/mol. The number of amides is 1. The van der Waals surface area contributed by atoms with E-state index in [0.717, 1.165) is 10.8 Å². The molecule has 0 saturated carbocycles. The lowest BCUT2D eigenvalue weighted by Gasteiger charge is -2.20. The molecular formula is C26H26FNO5. The molecule has 1 N–H and O–H groups in total. The first-order chi connectivity index (χ1) is 15.7. The Hall–Kier alpha value is -3.61. The highest BCUT2D eigenvalue weighted by Crippen LogP contribution is 2.46. The number of ether oxygens (including phenoxy) is 2. The predicted molar refractivity (Wildman–Crippen MR) is 124 cm³/mol. The maximum absolute atomic E-state index is 14.6. The Morgan fingerprint density at radius 2 is 1.64 bits per heavy atom. The van der Waals surface area contributed by atoms with Crippen LogP contribution in [0, 0.1) is 5.82 Å². The van der Waals surface area contributed by atoms with Gasteiger partial charge in [0.2, 0.25) is 0 Å². The molecular weight excluding hydrogens is 425 g/mol. The third-order valence-corrected chi connectivity index (χ3v) is 5.39. The zero-order chi connectivity index (χ0) is 23.9. The van der Waals surface area contributed by atoms with Crippen molar-refractivity contribution in [3.63, 3.8) is 0 Å². The average molecular weight is 451 g/mol. The zero-order valence-electron chi connectivity index (χ0n) is 19.0. The Morgan fingerprint density at radius 3 is 2.21 bits per heavy atom. The van der Waals surface area contributed by atoms with Crippen LogP contribution in [-0.2, 0) is 17.8 Å². The van der Waals surface area contributed by atoms with Gasteiger partial charge in [-0.2, -0.15) is 0 Å². The molecule has 0 spiro atoms. The highest BCUT2D eigenvalue weighted by molar-refractivity contribution is 6.16. The summed E-state index contributed by atoms with van der Waals surface area (Å²) >= 11 is 0.